The van der Waals surface area contributed by atoms with Crippen LogP contribution in [0.25, 0.3) is 0 Å². The number of halogens is 1. The maximum absolute atomic E-state index is 12.1. The third kappa shape index (κ3) is 3.55. The van der Waals surface area contributed by atoms with Crippen LogP contribution in [-0.2, 0) is 0 Å². The van der Waals surface area contributed by atoms with Crippen LogP contribution in [0.5, 0.6) is 0 Å². The average Bonchev–Trinajstić information content (AvgIpc) is 2.47. The molecule has 0 spiro atoms. The normalized spacial score (nSPS) is 11.7. The molecule has 2 rings (SSSR count). The van der Waals surface area contributed by atoms with E-state index < -0.39 is 4.92 Å². The van der Waals surface area contributed by atoms with Crippen LogP contribution in [0.1, 0.15) is 28.9 Å². The number of benzene rings is 1. The molecular formula is C14H12ClN3O3. The van der Waals surface area contributed by atoms with Crippen molar-refractivity contribution in [2.24, 2.45) is 0 Å². The molecule has 1 aromatic carbocycles. The Labute approximate surface area is 125 Å². The lowest BCUT2D eigenvalue weighted by Crippen LogP contribution is -2.26. The minimum atomic E-state index is -0.594. The molecule has 108 valence electrons. The Kier molecular flexibility index (Phi) is 4.49. The molecule has 21 heavy (non-hydrogen) atoms. The fourth-order valence-electron chi connectivity index (χ4n) is 1.81. The molecule has 0 aliphatic heterocycles. The minimum absolute atomic E-state index is 0.0655. The van der Waals surface area contributed by atoms with Crippen molar-refractivity contribution in [2.75, 3.05) is 0 Å². The van der Waals surface area contributed by atoms with Crippen LogP contribution in [0.2, 0.25) is 5.02 Å². The highest BCUT2D eigenvalue weighted by molar-refractivity contribution is 6.33. The molecule has 1 N–H and O–H groups in total. The predicted octanol–water partition coefficient (Wildman–Crippen LogP) is 3.13. The molecule has 2 aromatic rings. The van der Waals surface area contributed by atoms with Gasteiger partial charge in [-0.15, -0.1) is 0 Å². The first-order chi connectivity index (χ1) is 9.99. The summed E-state index contributed by atoms with van der Waals surface area (Å²) in [6.45, 7) is 1.83. The van der Waals surface area contributed by atoms with Gasteiger partial charge in [0, 0.05) is 24.0 Å². The van der Waals surface area contributed by atoms with Crippen molar-refractivity contribution in [3.63, 3.8) is 0 Å². The number of hydrogen-bond acceptors (Lipinski definition) is 4. The molecule has 0 bridgehead atoms. The van der Waals surface area contributed by atoms with Gasteiger partial charge < -0.3 is 5.32 Å². The van der Waals surface area contributed by atoms with E-state index in [2.05, 4.69) is 10.3 Å². The number of pyridine rings is 1. The lowest BCUT2D eigenvalue weighted by molar-refractivity contribution is -0.384. The summed E-state index contributed by atoms with van der Waals surface area (Å²) in [5.41, 5.74) is 0.952. The van der Waals surface area contributed by atoms with Gasteiger partial charge in [-0.25, -0.2) is 0 Å². The number of aromatic nitrogens is 1. The number of rotatable bonds is 4. The highest BCUT2D eigenvalue weighted by Crippen LogP contribution is 2.25. The van der Waals surface area contributed by atoms with Crippen LogP contribution >= 0.6 is 11.6 Å². The van der Waals surface area contributed by atoms with Crippen molar-refractivity contribution in [2.45, 2.75) is 13.0 Å². The Balaban J connectivity index is 2.14. The smallest absolute Gasteiger partial charge is 0.287 e. The second kappa shape index (κ2) is 6.32. The number of carbonyl (C=O) groups is 1. The van der Waals surface area contributed by atoms with Gasteiger partial charge in [0.05, 0.1) is 11.0 Å². The lowest BCUT2D eigenvalue weighted by atomic mass is 10.1. The Bertz CT molecular complexity index is 676. The van der Waals surface area contributed by atoms with Crippen LogP contribution in [0.15, 0.2) is 42.7 Å². The number of nitro groups is 1. The van der Waals surface area contributed by atoms with Gasteiger partial charge in [-0.3, -0.25) is 19.9 Å². The zero-order valence-corrected chi connectivity index (χ0v) is 11.9. The zero-order valence-electron chi connectivity index (χ0n) is 11.1. The molecule has 1 aromatic heterocycles. The summed E-state index contributed by atoms with van der Waals surface area (Å²) >= 11 is 5.79. The zero-order chi connectivity index (χ0) is 15.4. The Morgan fingerprint density at radius 1 is 1.33 bits per heavy atom. The minimum Gasteiger partial charge on any atom is -0.346 e. The molecule has 1 heterocycles. The lowest BCUT2D eigenvalue weighted by Gasteiger charge is -2.14. The van der Waals surface area contributed by atoms with E-state index in [1.807, 2.05) is 6.92 Å². The van der Waals surface area contributed by atoms with E-state index in [9.17, 15) is 14.9 Å². The molecule has 0 aliphatic rings. The van der Waals surface area contributed by atoms with Crippen molar-refractivity contribution in [3.8, 4) is 0 Å². The van der Waals surface area contributed by atoms with Crippen molar-refractivity contribution < 1.29 is 9.72 Å². The molecule has 1 amide bonds. The third-order valence-electron chi connectivity index (χ3n) is 2.96. The standard InChI is InChI=1S/C14H12ClN3O3/c1-9(10-4-6-16-7-5-10)17-14(19)11-2-3-13(18(20)21)12(15)8-11/h2-9H,1H3,(H,17,19). The number of nitrogens with one attached hydrogen (secondary N) is 1. The molecule has 6 nitrogen and oxygen atoms in total. The maximum atomic E-state index is 12.1. The van der Waals surface area contributed by atoms with Crippen molar-refractivity contribution >= 4 is 23.2 Å². The van der Waals surface area contributed by atoms with Gasteiger partial charge in [0.1, 0.15) is 5.02 Å². The Morgan fingerprint density at radius 2 is 2.00 bits per heavy atom. The van der Waals surface area contributed by atoms with Crippen molar-refractivity contribution in [3.05, 3.63) is 69.0 Å². The van der Waals surface area contributed by atoms with E-state index in [0.29, 0.717) is 0 Å². The van der Waals surface area contributed by atoms with Crippen LogP contribution in [0.4, 0.5) is 5.69 Å². The van der Waals surface area contributed by atoms with E-state index in [0.717, 1.165) is 5.56 Å². The first-order valence-electron chi connectivity index (χ1n) is 6.14. The second-order valence-corrected chi connectivity index (χ2v) is 4.81. The van der Waals surface area contributed by atoms with Crippen molar-refractivity contribution in [1.82, 2.24) is 10.3 Å². The first-order valence-corrected chi connectivity index (χ1v) is 6.51. The largest absolute Gasteiger partial charge is 0.346 e. The van der Waals surface area contributed by atoms with E-state index in [4.69, 9.17) is 11.6 Å². The number of nitro benzene ring substituents is 1. The van der Waals surface area contributed by atoms with Crippen LogP contribution < -0.4 is 5.32 Å². The molecule has 0 radical (unpaired) electrons. The summed E-state index contributed by atoms with van der Waals surface area (Å²) in [4.78, 5) is 26.1. The quantitative estimate of drug-likeness (QED) is 0.694. The fraction of sp³-hybridized carbons (Fsp3) is 0.143. The molecule has 7 heteroatoms. The topological polar surface area (TPSA) is 85.1 Å². The van der Waals surface area contributed by atoms with E-state index in [1.165, 1.54) is 18.2 Å². The van der Waals surface area contributed by atoms with Crippen LogP contribution in [-0.4, -0.2) is 15.8 Å². The predicted molar refractivity (Wildman–Crippen MR) is 78.2 cm³/mol. The van der Waals surface area contributed by atoms with Crippen LogP contribution in [0.3, 0.4) is 0 Å². The van der Waals surface area contributed by atoms with Crippen molar-refractivity contribution in [1.29, 1.82) is 0 Å². The monoisotopic (exact) mass is 305 g/mol. The summed E-state index contributed by atoms with van der Waals surface area (Å²) < 4.78 is 0. The van der Waals surface area contributed by atoms with Crippen LogP contribution in [0, 0.1) is 10.1 Å². The number of nitrogens with zero attached hydrogens (tertiary/aromatic N) is 2. The van der Waals surface area contributed by atoms with Gasteiger partial charge in [-0.1, -0.05) is 11.6 Å². The Morgan fingerprint density at radius 3 is 2.57 bits per heavy atom. The Hall–Kier alpha value is -2.47. The van der Waals surface area contributed by atoms with Gasteiger partial charge in [0.25, 0.3) is 11.6 Å². The maximum Gasteiger partial charge on any atom is 0.287 e. The third-order valence-corrected chi connectivity index (χ3v) is 3.26. The number of carbonyl (C=O) groups excluding carboxylic acids is 1. The second-order valence-electron chi connectivity index (χ2n) is 4.40. The first kappa shape index (κ1) is 14.9. The molecule has 0 saturated heterocycles. The molecular weight excluding hydrogens is 294 g/mol. The number of hydrogen-bond donors (Lipinski definition) is 1. The molecule has 1 atom stereocenters. The summed E-state index contributed by atoms with van der Waals surface area (Å²) in [7, 11) is 0. The van der Waals surface area contributed by atoms with Gasteiger partial charge in [0.2, 0.25) is 0 Å². The van der Waals surface area contributed by atoms with E-state index >= 15 is 0 Å². The number of amides is 1. The molecule has 0 saturated carbocycles. The summed E-state index contributed by atoms with van der Waals surface area (Å²) in [5.74, 6) is -0.351. The van der Waals surface area contributed by atoms with Gasteiger partial charge in [-0.2, -0.15) is 0 Å². The average molecular weight is 306 g/mol. The fourth-order valence-corrected chi connectivity index (χ4v) is 2.06. The SMILES string of the molecule is CC(NC(=O)c1ccc([N+](=O)[O-])c(Cl)c1)c1ccncc1. The van der Waals surface area contributed by atoms with Gasteiger partial charge in [-0.05, 0) is 36.8 Å². The van der Waals surface area contributed by atoms with Gasteiger partial charge >= 0.3 is 0 Å². The van der Waals surface area contributed by atoms with E-state index in [-0.39, 0.29) is 28.2 Å². The highest BCUT2D eigenvalue weighted by atomic mass is 35.5. The molecule has 0 aliphatic carbocycles. The highest BCUT2D eigenvalue weighted by Gasteiger charge is 2.16. The molecule has 0 fully saturated rings. The summed E-state index contributed by atoms with van der Waals surface area (Å²) in [6.07, 6.45) is 3.28. The molecule has 1 unspecified atom stereocenters. The van der Waals surface area contributed by atoms with E-state index in [1.54, 1.807) is 24.5 Å². The summed E-state index contributed by atoms with van der Waals surface area (Å²) in [5, 5.41) is 13.4. The van der Waals surface area contributed by atoms with Gasteiger partial charge in [0.15, 0.2) is 0 Å². The summed E-state index contributed by atoms with van der Waals surface area (Å²) in [6, 6.07) is 7.26.